The fourth-order valence-corrected chi connectivity index (χ4v) is 4.14. The highest BCUT2D eigenvalue weighted by molar-refractivity contribution is 5.95. The van der Waals surface area contributed by atoms with Crippen LogP contribution in [0.4, 0.5) is 20.2 Å². The quantitative estimate of drug-likeness (QED) is 0.487. The first-order valence-electron chi connectivity index (χ1n) is 11.4. The molecule has 0 radical (unpaired) electrons. The summed E-state index contributed by atoms with van der Waals surface area (Å²) in [4.78, 5) is 15.0. The van der Waals surface area contributed by atoms with Crippen molar-refractivity contribution in [3.63, 3.8) is 0 Å². The number of piperidine rings is 1. The van der Waals surface area contributed by atoms with E-state index in [1.54, 1.807) is 6.07 Å². The minimum Gasteiger partial charge on any atom is -0.494 e. The Morgan fingerprint density at radius 1 is 1.00 bits per heavy atom. The van der Waals surface area contributed by atoms with Gasteiger partial charge >= 0.3 is 0 Å². The van der Waals surface area contributed by atoms with Crippen LogP contribution in [0, 0.1) is 17.6 Å². The SMILES string of the molecule is COc1cc(-c2ccc(Nc3cccc(C(=O)NCC4CCN(C)CC4)c3)cc2)cc(F)c1F. The number of methoxy groups -OCH3 is 1. The van der Waals surface area contributed by atoms with Crippen LogP contribution < -0.4 is 15.4 Å². The first kappa shape index (κ1) is 23.7. The van der Waals surface area contributed by atoms with Crippen molar-refractivity contribution in [3.05, 3.63) is 77.9 Å². The number of benzene rings is 3. The Balaban J connectivity index is 1.39. The second-order valence-electron chi connectivity index (χ2n) is 8.71. The molecule has 1 aliphatic rings. The van der Waals surface area contributed by atoms with Gasteiger partial charge in [-0.2, -0.15) is 4.39 Å². The van der Waals surface area contributed by atoms with Gasteiger partial charge in [-0.3, -0.25) is 4.79 Å². The van der Waals surface area contributed by atoms with Gasteiger partial charge in [-0.15, -0.1) is 0 Å². The second-order valence-corrected chi connectivity index (χ2v) is 8.71. The van der Waals surface area contributed by atoms with Crippen molar-refractivity contribution in [1.29, 1.82) is 0 Å². The molecule has 0 unspecified atom stereocenters. The van der Waals surface area contributed by atoms with Gasteiger partial charge < -0.3 is 20.3 Å². The molecular formula is C27H29F2N3O2. The average molecular weight is 466 g/mol. The fraction of sp³-hybridized carbons (Fsp3) is 0.296. The van der Waals surface area contributed by atoms with Gasteiger partial charge in [-0.05, 0) is 92.5 Å². The molecule has 4 rings (SSSR count). The summed E-state index contributed by atoms with van der Waals surface area (Å²) in [6, 6.07) is 17.3. The summed E-state index contributed by atoms with van der Waals surface area (Å²) in [5.74, 6) is -1.65. The zero-order valence-electron chi connectivity index (χ0n) is 19.4. The van der Waals surface area contributed by atoms with Gasteiger partial charge in [0.1, 0.15) is 0 Å². The van der Waals surface area contributed by atoms with Crippen LogP contribution in [-0.2, 0) is 0 Å². The van der Waals surface area contributed by atoms with Gasteiger partial charge in [0.25, 0.3) is 5.91 Å². The molecule has 1 heterocycles. The average Bonchev–Trinajstić information content (AvgIpc) is 2.85. The van der Waals surface area contributed by atoms with E-state index in [0.717, 1.165) is 48.9 Å². The maximum atomic E-state index is 13.9. The van der Waals surface area contributed by atoms with Crippen LogP contribution in [0.1, 0.15) is 23.2 Å². The van der Waals surface area contributed by atoms with Crippen LogP contribution in [0.25, 0.3) is 11.1 Å². The Labute approximate surface area is 198 Å². The number of nitrogens with one attached hydrogen (secondary N) is 2. The number of likely N-dealkylation sites (tertiary alicyclic amines) is 1. The number of nitrogens with zero attached hydrogens (tertiary/aromatic N) is 1. The minimum absolute atomic E-state index is 0.0785. The van der Waals surface area contributed by atoms with Gasteiger partial charge in [0.15, 0.2) is 11.6 Å². The lowest BCUT2D eigenvalue weighted by atomic mass is 9.97. The molecule has 0 spiro atoms. The lowest BCUT2D eigenvalue weighted by Crippen LogP contribution is -2.36. The zero-order valence-corrected chi connectivity index (χ0v) is 19.4. The predicted molar refractivity (Wildman–Crippen MR) is 131 cm³/mol. The molecule has 7 heteroatoms. The normalized spacial score (nSPS) is 14.6. The van der Waals surface area contributed by atoms with Crippen LogP contribution in [0.5, 0.6) is 5.75 Å². The molecule has 2 N–H and O–H groups in total. The number of anilines is 2. The van der Waals surface area contributed by atoms with E-state index in [-0.39, 0.29) is 11.7 Å². The number of carbonyl (C=O) groups excluding carboxylic acids is 1. The molecule has 5 nitrogen and oxygen atoms in total. The van der Waals surface area contributed by atoms with Crippen molar-refractivity contribution in [2.45, 2.75) is 12.8 Å². The molecule has 1 saturated heterocycles. The summed E-state index contributed by atoms with van der Waals surface area (Å²) in [7, 11) is 3.43. The highest BCUT2D eigenvalue weighted by atomic mass is 19.2. The topological polar surface area (TPSA) is 53.6 Å². The number of hydrogen-bond donors (Lipinski definition) is 2. The van der Waals surface area contributed by atoms with E-state index < -0.39 is 11.6 Å². The Bertz CT molecular complexity index is 1140. The summed E-state index contributed by atoms with van der Waals surface area (Å²) >= 11 is 0. The second kappa shape index (κ2) is 10.7. The lowest BCUT2D eigenvalue weighted by molar-refractivity contribution is 0.0939. The van der Waals surface area contributed by atoms with Gasteiger partial charge in [-0.1, -0.05) is 18.2 Å². The van der Waals surface area contributed by atoms with Crippen LogP contribution in [0.2, 0.25) is 0 Å². The first-order chi connectivity index (χ1) is 16.4. The molecule has 34 heavy (non-hydrogen) atoms. The van der Waals surface area contributed by atoms with E-state index in [9.17, 15) is 13.6 Å². The minimum atomic E-state index is -1.00. The number of carbonyl (C=O) groups is 1. The number of hydrogen-bond acceptors (Lipinski definition) is 4. The summed E-state index contributed by atoms with van der Waals surface area (Å²) in [6.07, 6.45) is 2.21. The molecule has 3 aromatic rings. The van der Waals surface area contributed by atoms with Gasteiger partial charge in [0, 0.05) is 23.5 Å². The zero-order chi connectivity index (χ0) is 24.1. The molecular weight excluding hydrogens is 436 g/mol. The number of ether oxygens (including phenoxy) is 1. The Morgan fingerprint density at radius 2 is 1.74 bits per heavy atom. The smallest absolute Gasteiger partial charge is 0.251 e. The highest BCUT2D eigenvalue weighted by Gasteiger charge is 2.18. The van der Waals surface area contributed by atoms with Crippen molar-refractivity contribution < 1.29 is 18.3 Å². The number of rotatable bonds is 7. The monoisotopic (exact) mass is 465 g/mol. The molecule has 1 fully saturated rings. The lowest BCUT2D eigenvalue weighted by Gasteiger charge is -2.28. The Morgan fingerprint density at radius 3 is 2.44 bits per heavy atom. The molecule has 178 valence electrons. The van der Waals surface area contributed by atoms with Crippen molar-refractivity contribution >= 4 is 17.3 Å². The molecule has 0 aromatic heterocycles. The van der Waals surface area contributed by atoms with Gasteiger partial charge in [-0.25, -0.2) is 4.39 Å². The fourth-order valence-electron chi connectivity index (χ4n) is 4.14. The van der Waals surface area contributed by atoms with Crippen molar-refractivity contribution in [1.82, 2.24) is 10.2 Å². The Hall–Kier alpha value is -3.45. The van der Waals surface area contributed by atoms with E-state index in [1.807, 2.05) is 42.5 Å². The maximum Gasteiger partial charge on any atom is 0.251 e. The Kier molecular flexibility index (Phi) is 7.43. The molecule has 0 bridgehead atoms. The molecule has 0 aliphatic carbocycles. The largest absolute Gasteiger partial charge is 0.494 e. The summed E-state index contributed by atoms with van der Waals surface area (Å²) in [5, 5.41) is 6.35. The molecule has 0 saturated carbocycles. The van der Waals surface area contributed by atoms with Crippen molar-refractivity contribution in [2.75, 3.05) is 39.1 Å². The van der Waals surface area contributed by atoms with E-state index >= 15 is 0 Å². The predicted octanol–water partition coefficient (Wildman–Crippen LogP) is 5.46. The third-order valence-corrected chi connectivity index (χ3v) is 6.24. The van der Waals surface area contributed by atoms with Crippen LogP contribution in [0.15, 0.2) is 60.7 Å². The van der Waals surface area contributed by atoms with E-state index in [2.05, 4.69) is 22.6 Å². The molecule has 3 aromatic carbocycles. The number of halogens is 2. The van der Waals surface area contributed by atoms with E-state index in [4.69, 9.17) is 4.74 Å². The molecule has 1 amide bonds. The third kappa shape index (κ3) is 5.72. The highest BCUT2D eigenvalue weighted by Crippen LogP contribution is 2.30. The molecule has 0 atom stereocenters. The van der Waals surface area contributed by atoms with Gasteiger partial charge in [0.05, 0.1) is 7.11 Å². The van der Waals surface area contributed by atoms with Crippen LogP contribution >= 0.6 is 0 Å². The maximum absolute atomic E-state index is 13.9. The number of amides is 1. The van der Waals surface area contributed by atoms with Gasteiger partial charge in [0.2, 0.25) is 5.82 Å². The summed E-state index contributed by atoms with van der Waals surface area (Å²) in [6.45, 7) is 2.84. The first-order valence-corrected chi connectivity index (χ1v) is 11.4. The van der Waals surface area contributed by atoms with Crippen LogP contribution in [0.3, 0.4) is 0 Å². The molecule has 1 aliphatic heterocycles. The summed E-state index contributed by atoms with van der Waals surface area (Å²) in [5.41, 5.74) is 3.44. The summed E-state index contributed by atoms with van der Waals surface area (Å²) < 4.78 is 32.5. The van der Waals surface area contributed by atoms with E-state index in [1.165, 1.54) is 13.2 Å². The standard InChI is InChI=1S/C27H29F2N3O2/c1-32-12-10-18(11-13-32)17-30-27(33)20-4-3-5-23(14-20)31-22-8-6-19(7-9-22)21-15-24(28)26(29)25(16-21)34-2/h3-9,14-16,18,31H,10-13,17H2,1-2H3,(H,30,33). The van der Waals surface area contributed by atoms with E-state index in [0.29, 0.717) is 23.6 Å². The van der Waals surface area contributed by atoms with Crippen LogP contribution in [-0.4, -0.2) is 44.6 Å². The van der Waals surface area contributed by atoms with Crippen molar-refractivity contribution in [3.8, 4) is 16.9 Å². The van der Waals surface area contributed by atoms with Crippen molar-refractivity contribution in [2.24, 2.45) is 5.92 Å². The third-order valence-electron chi connectivity index (χ3n) is 6.24.